The summed E-state index contributed by atoms with van der Waals surface area (Å²) in [5.74, 6) is 1.77. The van der Waals surface area contributed by atoms with E-state index in [4.69, 9.17) is 5.73 Å². The predicted molar refractivity (Wildman–Crippen MR) is 124 cm³/mol. The van der Waals surface area contributed by atoms with E-state index in [1.54, 1.807) is 17.2 Å². The molecule has 0 radical (unpaired) electrons. The Morgan fingerprint density at radius 2 is 2.00 bits per heavy atom. The molecule has 3 N–H and O–H groups in total. The van der Waals surface area contributed by atoms with Gasteiger partial charge in [0, 0.05) is 5.56 Å². The van der Waals surface area contributed by atoms with E-state index in [0.717, 1.165) is 31.2 Å². The zero-order chi connectivity index (χ0) is 21.8. The molecule has 3 heteroatoms. The summed E-state index contributed by atoms with van der Waals surface area (Å²) in [6, 6.07) is 14.8. The number of aliphatic hydroxyl groups is 1. The molecule has 6 atom stereocenters. The Hall–Kier alpha value is -2.13. The SMILES string of the molecule is CCc1ccc2c(c1)CCC1[C@@H]2CC[C@@]2(C)[C@H]1C[C@H](Cc1cccc(C(N)=O)c1)[C@@H]2O. The van der Waals surface area contributed by atoms with Crippen LogP contribution < -0.4 is 5.73 Å². The van der Waals surface area contributed by atoms with Crippen LogP contribution in [0.5, 0.6) is 0 Å². The van der Waals surface area contributed by atoms with Gasteiger partial charge in [-0.2, -0.15) is 0 Å². The van der Waals surface area contributed by atoms with Gasteiger partial charge >= 0.3 is 0 Å². The van der Waals surface area contributed by atoms with Gasteiger partial charge in [-0.1, -0.05) is 44.2 Å². The molecule has 1 unspecified atom stereocenters. The number of benzene rings is 2. The summed E-state index contributed by atoms with van der Waals surface area (Å²) in [7, 11) is 0. The second kappa shape index (κ2) is 7.78. The number of hydrogen-bond donors (Lipinski definition) is 2. The number of nitrogens with two attached hydrogens (primary N) is 1. The third kappa shape index (κ3) is 3.42. The Labute approximate surface area is 186 Å². The molecule has 3 aliphatic rings. The minimum atomic E-state index is -0.385. The first kappa shape index (κ1) is 20.8. The first-order chi connectivity index (χ1) is 14.9. The molecule has 0 heterocycles. The lowest BCUT2D eigenvalue weighted by atomic mass is 9.55. The van der Waals surface area contributed by atoms with Crippen molar-refractivity contribution in [3.05, 3.63) is 70.3 Å². The van der Waals surface area contributed by atoms with Crippen molar-refractivity contribution in [1.82, 2.24) is 0 Å². The number of fused-ring (bicyclic) bond motifs is 5. The smallest absolute Gasteiger partial charge is 0.248 e. The lowest BCUT2D eigenvalue weighted by Crippen LogP contribution is -2.44. The Morgan fingerprint density at radius 1 is 1.16 bits per heavy atom. The normalized spacial score (nSPS) is 34.0. The van der Waals surface area contributed by atoms with E-state index >= 15 is 0 Å². The second-order valence-corrected chi connectivity index (χ2v) is 10.6. The summed E-state index contributed by atoms with van der Waals surface area (Å²) in [5, 5.41) is 11.4. The summed E-state index contributed by atoms with van der Waals surface area (Å²) in [4.78, 5) is 11.6. The van der Waals surface area contributed by atoms with E-state index in [9.17, 15) is 9.90 Å². The largest absolute Gasteiger partial charge is 0.392 e. The monoisotopic (exact) mass is 417 g/mol. The van der Waals surface area contributed by atoms with Crippen LogP contribution in [-0.4, -0.2) is 17.1 Å². The van der Waals surface area contributed by atoms with E-state index in [2.05, 4.69) is 38.1 Å². The number of carbonyl (C=O) groups excluding carboxylic acids is 1. The summed E-state index contributed by atoms with van der Waals surface area (Å²) in [5.41, 5.74) is 11.8. The molecule has 2 fully saturated rings. The van der Waals surface area contributed by atoms with Gasteiger partial charge in [-0.3, -0.25) is 4.79 Å². The summed E-state index contributed by atoms with van der Waals surface area (Å²) >= 11 is 0. The van der Waals surface area contributed by atoms with Gasteiger partial charge in [0.2, 0.25) is 5.91 Å². The van der Waals surface area contributed by atoms with Gasteiger partial charge in [0.05, 0.1) is 6.10 Å². The molecular formula is C28H35NO2. The molecule has 3 aliphatic carbocycles. The minimum Gasteiger partial charge on any atom is -0.392 e. The molecule has 2 aromatic carbocycles. The molecule has 0 spiro atoms. The van der Waals surface area contributed by atoms with E-state index in [1.807, 2.05) is 12.1 Å². The van der Waals surface area contributed by atoms with Crippen LogP contribution in [0.25, 0.3) is 0 Å². The van der Waals surface area contributed by atoms with E-state index in [1.165, 1.54) is 24.8 Å². The number of carbonyl (C=O) groups is 1. The Kier molecular flexibility index (Phi) is 5.21. The molecule has 31 heavy (non-hydrogen) atoms. The highest BCUT2D eigenvalue weighted by atomic mass is 16.3. The maximum absolute atomic E-state index is 11.6. The number of rotatable bonds is 4. The fourth-order valence-electron chi connectivity index (χ4n) is 7.36. The number of hydrogen-bond acceptors (Lipinski definition) is 2. The fraction of sp³-hybridized carbons (Fsp3) is 0.536. The van der Waals surface area contributed by atoms with Crippen LogP contribution in [0.2, 0.25) is 0 Å². The molecule has 2 aromatic rings. The van der Waals surface area contributed by atoms with E-state index in [-0.39, 0.29) is 23.3 Å². The van der Waals surface area contributed by atoms with E-state index in [0.29, 0.717) is 23.3 Å². The van der Waals surface area contributed by atoms with Gasteiger partial charge in [-0.15, -0.1) is 0 Å². The van der Waals surface area contributed by atoms with Crippen LogP contribution in [0.1, 0.15) is 78.1 Å². The first-order valence-electron chi connectivity index (χ1n) is 12.1. The number of amides is 1. The van der Waals surface area contributed by atoms with Crippen molar-refractivity contribution >= 4 is 5.91 Å². The van der Waals surface area contributed by atoms with E-state index < -0.39 is 0 Å². The molecule has 164 valence electrons. The van der Waals surface area contributed by atoms with Crippen LogP contribution in [0.15, 0.2) is 42.5 Å². The second-order valence-electron chi connectivity index (χ2n) is 10.6. The zero-order valence-electron chi connectivity index (χ0n) is 18.8. The average molecular weight is 418 g/mol. The highest BCUT2D eigenvalue weighted by Crippen LogP contribution is 2.62. The van der Waals surface area contributed by atoms with Gasteiger partial charge in [-0.25, -0.2) is 0 Å². The molecule has 0 aliphatic heterocycles. The Morgan fingerprint density at radius 3 is 2.77 bits per heavy atom. The lowest BCUT2D eigenvalue weighted by molar-refractivity contribution is -0.0325. The number of aryl methyl sites for hydroxylation is 2. The van der Waals surface area contributed by atoms with Crippen LogP contribution in [-0.2, 0) is 19.3 Å². The zero-order valence-corrected chi connectivity index (χ0v) is 18.8. The topological polar surface area (TPSA) is 63.3 Å². The van der Waals surface area contributed by atoms with Gasteiger partial charge in [-0.05, 0) is 108 Å². The predicted octanol–water partition coefficient (Wildman–Crippen LogP) is 5.03. The van der Waals surface area contributed by atoms with Crippen molar-refractivity contribution in [2.24, 2.45) is 28.9 Å². The summed E-state index contributed by atoms with van der Waals surface area (Å²) in [6.45, 7) is 4.58. The molecule has 3 nitrogen and oxygen atoms in total. The first-order valence-corrected chi connectivity index (χ1v) is 12.1. The van der Waals surface area contributed by atoms with Crippen molar-refractivity contribution in [3.63, 3.8) is 0 Å². The molecule has 1 amide bonds. The molecule has 0 bridgehead atoms. The van der Waals surface area contributed by atoms with Crippen molar-refractivity contribution in [2.45, 2.75) is 70.8 Å². The van der Waals surface area contributed by atoms with Gasteiger partial charge in [0.15, 0.2) is 0 Å². The molecule has 0 saturated heterocycles. The molecule has 5 rings (SSSR count). The highest BCUT2D eigenvalue weighted by molar-refractivity contribution is 5.92. The number of aliphatic hydroxyl groups excluding tert-OH is 1. The third-order valence-electron chi connectivity index (χ3n) is 9.03. The number of primary amides is 1. The van der Waals surface area contributed by atoms with Crippen molar-refractivity contribution in [1.29, 1.82) is 0 Å². The minimum absolute atomic E-state index is 0.00793. The lowest BCUT2D eigenvalue weighted by Gasteiger charge is -2.50. The molecule has 2 saturated carbocycles. The summed E-state index contributed by atoms with van der Waals surface area (Å²) < 4.78 is 0. The maximum Gasteiger partial charge on any atom is 0.248 e. The van der Waals surface area contributed by atoms with Crippen molar-refractivity contribution in [2.75, 3.05) is 0 Å². The molecule has 0 aromatic heterocycles. The standard InChI is InChI=1S/C28H35NO2/c1-3-17-7-9-22-19(13-17)8-10-24-23(22)11-12-28(2)25(24)16-21(26(28)30)15-18-5-4-6-20(14-18)27(29)31/h4-7,9,13-14,21,23-26,30H,3,8,10-12,15-16H2,1-2H3,(H2,29,31)/t21-,23+,24?,25-,26-,28-/m0/s1. The van der Waals surface area contributed by atoms with Crippen LogP contribution in [0.3, 0.4) is 0 Å². The van der Waals surface area contributed by atoms with Gasteiger partial charge in [0.25, 0.3) is 0 Å². The Balaban J connectivity index is 1.39. The molecular weight excluding hydrogens is 382 g/mol. The Bertz CT molecular complexity index is 998. The van der Waals surface area contributed by atoms with Crippen LogP contribution in [0.4, 0.5) is 0 Å². The van der Waals surface area contributed by atoms with Crippen molar-refractivity contribution in [3.8, 4) is 0 Å². The quantitative estimate of drug-likeness (QED) is 0.732. The van der Waals surface area contributed by atoms with Crippen LogP contribution in [0, 0.1) is 23.2 Å². The highest BCUT2D eigenvalue weighted by Gasteiger charge is 2.57. The van der Waals surface area contributed by atoms with Gasteiger partial charge < -0.3 is 10.8 Å². The fourth-order valence-corrected chi connectivity index (χ4v) is 7.36. The maximum atomic E-state index is 11.6. The van der Waals surface area contributed by atoms with Gasteiger partial charge in [0.1, 0.15) is 0 Å². The average Bonchev–Trinajstić information content (AvgIpc) is 3.03. The van der Waals surface area contributed by atoms with Crippen LogP contribution >= 0.6 is 0 Å². The third-order valence-corrected chi connectivity index (χ3v) is 9.03. The van der Waals surface area contributed by atoms with Crippen molar-refractivity contribution < 1.29 is 9.90 Å². The summed E-state index contributed by atoms with van der Waals surface area (Å²) in [6.07, 6.45) is 7.46.